The van der Waals surface area contributed by atoms with E-state index < -0.39 is 15.8 Å². The first-order valence-electron chi connectivity index (χ1n) is 6.34. The monoisotopic (exact) mass is 360 g/mol. The van der Waals surface area contributed by atoms with Crippen LogP contribution in [-0.2, 0) is 15.6 Å². The summed E-state index contributed by atoms with van der Waals surface area (Å²) in [7, 11) is -3.41. The first-order valence-corrected chi connectivity index (χ1v) is 8.44. The van der Waals surface area contributed by atoms with Crippen LogP contribution in [0.1, 0.15) is 21.5 Å². The van der Waals surface area contributed by atoms with Gasteiger partial charge >= 0.3 is 35.5 Å². The predicted molar refractivity (Wildman–Crippen MR) is 93.7 cm³/mol. The number of hydrogen-bond acceptors (Lipinski definition) is 3. The third kappa shape index (κ3) is 6.49. The number of hydrogen-bond donors (Lipinski definition) is 1. The van der Waals surface area contributed by atoms with Crippen LogP contribution in [0.25, 0.3) is 6.08 Å². The standard InChI is InChI=1S/C16H13ClO4S.Na.H/c17-15-7-3-13(4-8-15)11-22(20,21)10-9-12-1-5-14(6-2-12)16(18)19;;/h1-10H,11H2,(H,18,19);;. The molecule has 116 valence electrons. The molecule has 2 rings (SSSR count). The Balaban J connectivity index is 0.00000264. The number of carboxylic acid groups (broad SMARTS) is 1. The van der Waals surface area contributed by atoms with Crippen molar-refractivity contribution in [3.63, 3.8) is 0 Å². The Hall–Kier alpha value is -1.11. The first kappa shape index (κ1) is 19.9. The van der Waals surface area contributed by atoms with Crippen molar-refractivity contribution in [2.45, 2.75) is 5.75 Å². The number of aromatic carboxylic acids is 1. The Bertz CT molecular complexity index is 797. The predicted octanol–water partition coefficient (Wildman–Crippen LogP) is 2.98. The van der Waals surface area contributed by atoms with E-state index in [1.54, 1.807) is 36.4 Å². The molecule has 0 atom stereocenters. The summed E-state index contributed by atoms with van der Waals surface area (Å²) in [5.74, 6) is -1.14. The molecule has 0 unspecified atom stereocenters. The molecule has 0 saturated heterocycles. The van der Waals surface area contributed by atoms with Crippen LogP contribution in [0.5, 0.6) is 0 Å². The van der Waals surface area contributed by atoms with Gasteiger partial charge in [0.1, 0.15) is 0 Å². The van der Waals surface area contributed by atoms with Crippen molar-refractivity contribution in [1.82, 2.24) is 0 Å². The summed E-state index contributed by atoms with van der Waals surface area (Å²) < 4.78 is 24.0. The Morgan fingerprint density at radius 2 is 1.61 bits per heavy atom. The topological polar surface area (TPSA) is 71.4 Å². The van der Waals surface area contributed by atoms with E-state index in [4.69, 9.17) is 16.7 Å². The average Bonchev–Trinajstić information content (AvgIpc) is 2.48. The van der Waals surface area contributed by atoms with Gasteiger partial charge in [0, 0.05) is 10.4 Å². The van der Waals surface area contributed by atoms with Gasteiger partial charge in [-0.2, -0.15) is 0 Å². The zero-order chi connectivity index (χ0) is 16.2. The van der Waals surface area contributed by atoms with Crippen molar-refractivity contribution < 1.29 is 18.3 Å². The molecule has 23 heavy (non-hydrogen) atoms. The van der Waals surface area contributed by atoms with Crippen LogP contribution < -0.4 is 0 Å². The number of carbonyl (C=O) groups is 1. The number of sulfone groups is 1. The van der Waals surface area contributed by atoms with Gasteiger partial charge in [-0.15, -0.1) is 0 Å². The normalized spacial score (nSPS) is 11.2. The summed E-state index contributed by atoms with van der Waals surface area (Å²) in [6.45, 7) is 0. The first-order chi connectivity index (χ1) is 10.4. The maximum absolute atomic E-state index is 12.0. The molecule has 0 heterocycles. The molecule has 2 aromatic rings. The van der Waals surface area contributed by atoms with E-state index in [9.17, 15) is 13.2 Å². The van der Waals surface area contributed by atoms with Gasteiger partial charge in [0.15, 0.2) is 9.84 Å². The van der Waals surface area contributed by atoms with Gasteiger partial charge in [0.25, 0.3) is 0 Å². The van der Waals surface area contributed by atoms with E-state index in [-0.39, 0.29) is 40.9 Å². The van der Waals surface area contributed by atoms with Crippen LogP contribution in [-0.4, -0.2) is 49.1 Å². The van der Waals surface area contributed by atoms with E-state index in [0.29, 0.717) is 16.1 Å². The molecule has 0 bridgehead atoms. The molecule has 0 saturated carbocycles. The zero-order valence-electron chi connectivity index (χ0n) is 11.4. The fourth-order valence-electron chi connectivity index (χ4n) is 1.78. The maximum atomic E-state index is 12.0. The van der Waals surface area contributed by atoms with E-state index in [2.05, 4.69) is 0 Å². The average molecular weight is 361 g/mol. The molecule has 7 heteroatoms. The minimum absolute atomic E-state index is 0. The van der Waals surface area contributed by atoms with Crippen molar-refractivity contribution in [3.8, 4) is 0 Å². The minimum atomic E-state index is -3.41. The van der Waals surface area contributed by atoms with E-state index in [0.717, 1.165) is 5.41 Å². The zero-order valence-corrected chi connectivity index (χ0v) is 13.0. The second kappa shape index (κ2) is 8.66. The van der Waals surface area contributed by atoms with Crippen LogP contribution in [0.2, 0.25) is 5.02 Å². The molecule has 0 aliphatic heterocycles. The summed E-state index contributed by atoms with van der Waals surface area (Å²) in [6, 6.07) is 12.6. The van der Waals surface area contributed by atoms with E-state index in [1.807, 2.05) is 0 Å². The van der Waals surface area contributed by atoms with Crippen molar-refractivity contribution in [2.24, 2.45) is 0 Å². The van der Waals surface area contributed by atoms with Crippen molar-refractivity contribution in [3.05, 3.63) is 75.7 Å². The van der Waals surface area contributed by atoms with Crippen LogP contribution in [0.4, 0.5) is 0 Å². The number of rotatable bonds is 5. The molecule has 0 spiro atoms. The second-order valence-electron chi connectivity index (χ2n) is 4.66. The number of halogens is 1. The van der Waals surface area contributed by atoms with Crippen LogP contribution >= 0.6 is 11.6 Å². The third-order valence-electron chi connectivity index (χ3n) is 2.91. The summed E-state index contributed by atoms with van der Waals surface area (Å²) >= 11 is 5.75. The summed E-state index contributed by atoms with van der Waals surface area (Å²) in [5, 5.41) is 10.5. The Labute approximate surface area is 162 Å². The second-order valence-corrected chi connectivity index (χ2v) is 6.99. The Kier molecular flexibility index (Phi) is 7.51. The van der Waals surface area contributed by atoms with Crippen LogP contribution in [0.15, 0.2) is 53.9 Å². The molecule has 2 aromatic carbocycles. The molecule has 0 amide bonds. The van der Waals surface area contributed by atoms with Gasteiger partial charge in [-0.05, 0) is 41.5 Å². The molecule has 0 aliphatic carbocycles. The molecular formula is C16H14ClNaO4S. The number of carboxylic acids is 1. The van der Waals surface area contributed by atoms with Gasteiger partial charge in [0.05, 0.1) is 11.3 Å². The van der Waals surface area contributed by atoms with Gasteiger partial charge in [-0.3, -0.25) is 0 Å². The molecule has 0 aliphatic rings. The van der Waals surface area contributed by atoms with Gasteiger partial charge < -0.3 is 5.11 Å². The van der Waals surface area contributed by atoms with Crippen molar-refractivity contribution in [2.75, 3.05) is 0 Å². The van der Waals surface area contributed by atoms with E-state index >= 15 is 0 Å². The Morgan fingerprint density at radius 3 is 2.13 bits per heavy atom. The molecule has 1 N–H and O–H groups in total. The third-order valence-corrected chi connectivity index (χ3v) is 4.45. The summed E-state index contributed by atoms with van der Waals surface area (Å²) in [5.41, 5.74) is 1.42. The van der Waals surface area contributed by atoms with Crippen molar-refractivity contribution >= 4 is 63.0 Å². The quantitative estimate of drug-likeness (QED) is 0.832. The van der Waals surface area contributed by atoms with E-state index in [1.165, 1.54) is 18.2 Å². The molecule has 0 radical (unpaired) electrons. The fourth-order valence-corrected chi connectivity index (χ4v) is 3.02. The summed E-state index contributed by atoms with van der Waals surface area (Å²) in [6.07, 6.45) is 1.44. The SMILES string of the molecule is O=C(O)c1ccc(C=CS(=O)(=O)Cc2ccc(Cl)cc2)cc1.[NaH]. The van der Waals surface area contributed by atoms with Crippen LogP contribution in [0.3, 0.4) is 0 Å². The summed E-state index contributed by atoms with van der Waals surface area (Å²) in [4.78, 5) is 10.7. The Morgan fingerprint density at radius 1 is 1.04 bits per heavy atom. The molecule has 0 fully saturated rings. The molecular weight excluding hydrogens is 347 g/mol. The molecule has 0 aromatic heterocycles. The fraction of sp³-hybridized carbons (Fsp3) is 0.0625. The number of benzene rings is 2. The van der Waals surface area contributed by atoms with Crippen molar-refractivity contribution in [1.29, 1.82) is 0 Å². The van der Waals surface area contributed by atoms with Gasteiger partial charge in [-0.25, -0.2) is 13.2 Å². The van der Waals surface area contributed by atoms with Gasteiger partial charge in [-0.1, -0.05) is 35.9 Å². The molecule has 4 nitrogen and oxygen atoms in total. The van der Waals surface area contributed by atoms with Crippen LogP contribution in [0, 0.1) is 0 Å². The van der Waals surface area contributed by atoms with Gasteiger partial charge in [0.2, 0.25) is 0 Å².